The number of ether oxygens (including phenoxy) is 1. The first kappa shape index (κ1) is 16.3. The molecule has 0 aliphatic heterocycles. The van der Waals surface area contributed by atoms with Gasteiger partial charge in [0.1, 0.15) is 11.6 Å². The van der Waals surface area contributed by atoms with Crippen LogP contribution in [0.1, 0.15) is 29.1 Å². The Bertz CT molecular complexity index is 792. The molecule has 0 aliphatic carbocycles. The van der Waals surface area contributed by atoms with Gasteiger partial charge >= 0.3 is 0 Å². The molecule has 2 heterocycles. The molecule has 1 amide bonds. The zero-order valence-electron chi connectivity index (χ0n) is 13.6. The number of aromatic nitrogens is 2. The highest BCUT2D eigenvalue weighted by atomic mass is 32.1. The maximum absolute atomic E-state index is 12.4. The molecule has 0 fully saturated rings. The summed E-state index contributed by atoms with van der Waals surface area (Å²) in [6.07, 6.45) is 1.79. The number of nitrogens with one attached hydrogen (secondary N) is 1. The number of carbonyl (C=O) groups excluding carboxylic acids is 1. The highest BCUT2D eigenvalue weighted by molar-refractivity contribution is 7.09. The van der Waals surface area contributed by atoms with Crippen LogP contribution in [0.25, 0.3) is 0 Å². The highest BCUT2D eigenvalue weighted by Crippen LogP contribution is 2.17. The molecule has 0 unspecified atom stereocenters. The average molecular weight is 341 g/mol. The van der Waals surface area contributed by atoms with E-state index in [1.54, 1.807) is 52.5 Å². The summed E-state index contributed by atoms with van der Waals surface area (Å²) >= 11 is 1.66. The predicted octanol–water partition coefficient (Wildman–Crippen LogP) is 4.03. The van der Waals surface area contributed by atoms with E-state index in [1.807, 2.05) is 31.4 Å². The molecular formula is C18H19N3O2S. The Morgan fingerprint density at radius 3 is 2.71 bits per heavy atom. The Kier molecular flexibility index (Phi) is 4.96. The molecule has 3 rings (SSSR count). The van der Waals surface area contributed by atoms with E-state index in [-0.39, 0.29) is 12.0 Å². The van der Waals surface area contributed by atoms with E-state index in [2.05, 4.69) is 10.4 Å². The van der Waals surface area contributed by atoms with Gasteiger partial charge in [-0.15, -0.1) is 11.3 Å². The van der Waals surface area contributed by atoms with Gasteiger partial charge in [0.25, 0.3) is 5.91 Å². The van der Waals surface area contributed by atoms with E-state index in [1.165, 1.54) is 4.88 Å². The standard InChI is InChI=1S/C18H19N3O2S/c1-13(2)23-15-7-5-14(6-8-15)18(22)20-17-9-10-19-21(17)12-16-4-3-11-24-16/h3-11,13H,12H2,1-2H3,(H,20,22). The number of amides is 1. The molecule has 2 aromatic heterocycles. The van der Waals surface area contributed by atoms with Crippen molar-refractivity contribution in [1.29, 1.82) is 0 Å². The van der Waals surface area contributed by atoms with Crippen LogP contribution in [0.5, 0.6) is 5.75 Å². The van der Waals surface area contributed by atoms with Crippen LogP contribution in [0, 0.1) is 0 Å². The van der Waals surface area contributed by atoms with Gasteiger partial charge in [-0.05, 0) is 49.6 Å². The highest BCUT2D eigenvalue weighted by Gasteiger charge is 2.10. The van der Waals surface area contributed by atoms with Crippen LogP contribution in [0.4, 0.5) is 5.82 Å². The molecule has 0 saturated heterocycles. The minimum absolute atomic E-state index is 0.108. The van der Waals surface area contributed by atoms with E-state index in [4.69, 9.17) is 4.74 Å². The van der Waals surface area contributed by atoms with Crippen molar-refractivity contribution in [3.05, 3.63) is 64.5 Å². The lowest BCUT2D eigenvalue weighted by atomic mass is 10.2. The lowest BCUT2D eigenvalue weighted by Gasteiger charge is -2.11. The quantitative estimate of drug-likeness (QED) is 0.736. The smallest absolute Gasteiger partial charge is 0.256 e. The first-order valence-electron chi connectivity index (χ1n) is 7.74. The molecule has 1 aromatic carbocycles. The molecule has 3 aromatic rings. The number of thiophene rings is 1. The van der Waals surface area contributed by atoms with Gasteiger partial charge in [-0.1, -0.05) is 6.07 Å². The largest absolute Gasteiger partial charge is 0.491 e. The third-order valence-electron chi connectivity index (χ3n) is 3.33. The first-order valence-corrected chi connectivity index (χ1v) is 8.62. The van der Waals surface area contributed by atoms with Crippen LogP contribution >= 0.6 is 11.3 Å². The predicted molar refractivity (Wildman–Crippen MR) is 95.8 cm³/mol. The second-order valence-electron chi connectivity index (χ2n) is 5.60. The Morgan fingerprint density at radius 2 is 2.04 bits per heavy atom. The molecule has 0 spiro atoms. The van der Waals surface area contributed by atoms with Crippen molar-refractivity contribution in [1.82, 2.24) is 9.78 Å². The van der Waals surface area contributed by atoms with E-state index in [0.717, 1.165) is 5.75 Å². The van der Waals surface area contributed by atoms with Gasteiger partial charge in [0.05, 0.1) is 18.8 Å². The Balaban J connectivity index is 1.68. The van der Waals surface area contributed by atoms with Gasteiger partial charge in [-0.25, -0.2) is 4.68 Å². The molecule has 0 atom stereocenters. The summed E-state index contributed by atoms with van der Waals surface area (Å²) in [6, 6.07) is 13.0. The molecule has 0 bridgehead atoms. The fourth-order valence-corrected chi connectivity index (χ4v) is 2.95. The molecule has 124 valence electrons. The van der Waals surface area contributed by atoms with E-state index < -0.39 is 0 Å². The SMILES string of the molecule is CC(C)Oc1ccc(C(=O)Nc2ccnn2Cc2cccs2)cc1. The topological polar surface area (TPSA) is 56.1 Å². The summed E-state index contributed by atoms with van der Waals surface area (Å²) in [5.74, 6) is 1.26. The molecule has 0 aliphatic rings. The lowest BCUT2D eigenvalue weighted by molar-refractivity contribution is 0.102. The normalized spacial score (nSPS) is 10.8. The lowest BCUT2D eigenvalue weighted by Crippen LogP contribution is -2.16. The Labute approximate surface area is 144 Å². The third-order valence-corrected chi connectivity index (χ3v) is 4.19. The summed E-state index contributed by atoms with van der Waals surface area (Å²) in [4.78, 5) is 13.6. The fourth-order valence-electron chi connectivity index (χ4n) is 2.26. The average Bonchev–Trinajstić information content (AvgIpc) is 3.20. The molecular weight excluding hydrogens is 322 g/mol. The third kappa shape index (κ3) is 4.02. The summed E-state index contributed by atoms with van der Waals surface area (Å²) in [7, 11) is 0. The fraction of sp³-hybridized carbons (Fsp3) is 0.222. The Hall–Kier alpha value is -2.60. The minimum Gasteiger partial charge on any atom is -0.491 e. The second kappa shape index (κ2) is 7.31. The first-order chi connectivity index (χ1) is 11.6. The zero-order valence-corrected chi connectivity index (χ0v) is 14.4. The molecule has 24 heavy (non-hydrogen) atoms. The van der Waals surface area contributed by atoms with Crippen LogP contribution in [0.3, 0.4) is 0 Å². The molecule has 1 N–H and O–H groups in total. The van der Waals surface area contributed by atoms with Gasteiger partial charge in [-0.3, -0.25) is 4.79 Å². The van der Waals surface area contributed by atoms with Crippen LogP contribution in [0.2, 0.25) is 0 Å². The van der Waals surface area contributed by atoms with Crippen LogP contribution in [-0.4, -0.2) is 21.8 Å². The van der Waals surface area contributed by atoms with Gasteiger partial charge < -0.3 is 10.1 Å². The monoisotopic (exact) mass is 341 g/mol. The van der Waals surface area contributed by atoms with Crippen molar-refractivity contribution < 1.29 is 9.53 Å². The number of nitrogens with zero attached hydrogens (tertiary/aromatic N) is 2. The maximum atomic E-state index is 12.4. The maximum Gasteiger partial charge on any atom is 0.256 e. The summed E-state index contributed by atoms with van der Waals surface area (Å²) in [5, 5.41) is 9.20. The van der Waals surface area contributed by atoms with Crippen molar-refractivity contribution in [3.8, 4) is 5.75 Å². The van der Waals surface area contributed by atoms with Crippen molar-refractivity contribution >= 4 is 23.1 Å². The number of hydrogen-bond acceptors (Lipinski definition) is 4. The van der Waals surface area contributed by atoms with Crippen LogP contribution in [0.15, 0.2) is 54.0 Å². The van der Waals surface area contributed by atoms with E-state index in [9.17, 15) is 4.79 Å². The zero-order chi connectivity index (χ0) is 16.9. The number of benzene rings is 1. The summed E-state index contributed by atoms with van der Waals surface area (Å²) in [5.41, 5.74) is 0.579. The van der Waals surface area contributed by atoms with Gasteiger partial charge in [0, 0.05) is 16.5 Å². The number of anilines is 1. The van der Waals surface area contributed by atoms with Crippen molar-refractivity contribution in [3.63, 3.8) is 0 Å². The number of rotatable bonds is 6. The number of hydrogen-bond donors (Lipinski definition) is 1. The minimum atomic E-state index is -0.168. The van der Waals surface area contributed by atoms with E-state index in [0.29, 0.717) is 17.9 Å². The van der Waals surface area contributed by atoms with Gasteiger partial charge in [0.15, 0.2) is 0 Å². The molecule has 6 heteroatoms. The van der Waals surface area contributed by atoms with Gasteiger partial charge in [-0.2, -0.15) is 5.10 Å². The molecule has 0 saturated carbocycles. The second-order valence-corrected chi connectivity index (χ2v) is 6.63. The Morgan fingerprint density at radius 1 is 1.25 bits per heavy atom. The van der Waals surface area contributed by atoms with Crippen molar-refractivity contribution in [2.45, 2.75) is 26.5 Å². The molecule has 0 radical (unpaired) electrons. The summed E-state index contributed by atoms with van der Waals surface area (Å²) in [6.45, 7) is 4.58. The van der Waals surface area contributed by atoms with Crippen LogP contribution in [-0.2, 0) is 6.54 Å². The van der Waals surface area contributed by atoms with Gasteiger partial charge in [0.2, 0.25) is 0 Å². The number of carbonyl (C=O) groups is 1. The summed E-state index contributed by atoms with van der Waals surface area (Å²) < 4.78 is 7.37. The van der Waals surface area contributed by atoms with E-state index >= 15 is 0 Å². The van der Waals surface area contributed by atoms with Crippen LogP contribution < -0.4 is 10.1 Å². The molecule has 5 nitrogen and oxygen atoms in total. The van der Waals surface area contributed by atoms with Crippen molar-refractivity contribution in [2.24, 2.45) is 0 Å². The van der Waals surface area contributed by atoms with Crippen molar-refractivity contribution in [2.75, 3.05) is 5.32 Å².